The molecule has 0 spiro atoms. The van der Waals surface area contributed by atoms with Gasteiger partial charge in [0.1, 0.15) is 11.6 Å². The summed E-state index contributed by atoms with van der Waals surface area (Å²) in [6.07, 6.45) is 1.64. The van der Waals surface area contributed by atoms with E-state index in [1.165, 1.54) is 0 Å². The van der Waals surface area contributed by atoms with Crippen LogP contribution in [0, 0.1) is 6.92 Å². The number of hydrogen-bond donors (Lipinski definition) is 2. The minimum atomic E-state index is -0.398. The number of anilines is 1. The van der Waals surface area contributed by atoms with Gasteiger partial charge in [-0.2, -0.15) is 5.10 Å². The standard InChI is InChI=1S/C18H20N4O3/c1-13-6-8-15(9-7-13)25-12-18(24)22-21-14(2)11-17(23)20-16-5-3-4-10-19-16/h3-10H,11-12H2,1-2H3,(H,22,24)(H,19,20,23)/b21-14+. The Hall–Kier alpha value is -3.22. The van der Waals surface area contributed by atoms with Gasteiger partial charge < -0.3 is 10.1 Å². The normalized spacial score (nSPS) is 10.9. The molecule has 0 aliphatic heterocycles. The number of hydrogen-bond acceptors (Lipinski definition) is 5. The summed E-state index contributed by atoms with van der Waals surface area (Å²) in [5, 5.41) is 6.53. The first-order valence-electron chi connectivity index (χ1n) is 7.75. The van der Waals surface area contributed by atoms with Crippen molar-refractivity contribution in [2.75, 3.05) is 11.9 Å². The van der Waals surface area contributed by atoms with Crippen molar-refractivity contribution in [1.82, 2.24) is 10.4 Å². The van der Waals surface area contributed by atoms with Gasteiger partial charge >= 0.3 is 0 Å². The minimum absolute atomic E-state index is 0.0513. The van der Waals surface area contributed by atoms with Crippen LogP contribution in [0.3, 0.4) is 0 Å². The summed E-state index contributed by atoms with van der Waals surface area (Å²) in [5.41, 5.74) is 3.94. The molecule has 0 atom stereocenters. The number of hydrazone groups is 1. The SMILES string of the molecule is C/C(CC(=O)Nc1ccccn1)=N\NC(=O)COc1ccc(C)cc1. The Morgan fingerprint density at radius 2 is 1.88 bits per heavy atom. The topological polar surface area (TPSA) is 92.7 Å². The molecule has 7 nitrogen and oxygen atoms in total. The lowest BCUT2D eigenvalue weighted by Gasteiger charge is -2.06. The molecule has 0 fully saturated rings. The van der Waals surface area contributed by atoms with Gasteiger partial charge in [0.15, 0.2) is 6.61 Å². The number of pyridine rings is 1. The van der Waals surface area contributed by atoms with E-state index in [0.717, 1.165) is 5.56 Å². The highest BCUT2D eigenvalue weighted by Crippen LogP contribution is 2.10. The average molecular weight is 340 g/mol. The zero-order valence-corrected chi connectivity index (χ0v) is 14.2. The summed E-state index contributed by atoms with van der Waals surface area (Å²) in [5.74, 6) is 0.419. The van der Waals surface area contributed by atoms with Gasteiger partial charge in [0.25, 0.3) is 5.91 Å². The Kier molecular flexibility index (Phi) is 6.65. The Morgan fingerprint density at radius 1 is 1.12 bits per heavy atom. The van der Waals surface area contributed by atoms with E-state index in [9.17, 15) is 9.59 Å². The maximum atomic E-state index is 11.8. The summed E-state index contributed by atoms with van der Waals surface area (Å²) >= 11 is 0. The molecular formula is C18H20N4O3. The Bertz CT molecular complexity index is 743. The monoisotopic (exact) mass is 340 g/mol. The molecule has 7 heteroatoms. The van der Waals surface area contributed by atoms with Crippen LogP contribution in [-0.2, 0) is 9.59 Å². The van der Waals surface area contributed by atoms with Gasteiger partial charge in [-0.1, -0.05) is 23.8 Å². The van der Waals surface area contributed by atoms with Crippen LogP contribution in [-0.4, -0.2) is 29.1 Å². The number of benzene rings is 1. The summed E-state index contributed by atoms with van der Waals surface area (Å²) in [6, 6.07) is 12.6. The molecule has 2 amide bonds. The van der Waals surface area contributed by atoms with Crippen LogP contribution in [0.2, 0.25) is 0 Å². The van der Waals surface area contributed by atoms with Crippen LogP contribution in [0.5, 0.6) is 5.75 Å². The third kappa shape index (κ3) is 6.82. The first kappa shape index (κ1) is 18.1. The zero-order valence-electron chi connectivity index (χ0n) is 14.2. The van der Waals surface area contributed by atoms with Gasteiger partial charge in [-0.05, 0) is 38.1 Å². The molecule has 2 N–H and O–H groups in total. The Morgan fingerprint density at radius 3 is 2.56 bits per heavy atom. The number of aromatic nitrogens is 1. The van der Waals surface area contributed by atoms with E-state index in [2.05, 4.69) is 20.8 Å². The molecule has 1 aromatic carbocycles. The van der Waals surface area contributed by atoms with Crippen molar-refractivity contribution < 1.29 is 14.3 Å². The number of carbonyl (C=O) groups is 2. The van der Waals surface area contributed by atoms with E-state index >= 15 is 0 Å². The van der Waals surface area contributed by atoms with E-state index in [4.69, 9.17) is 4.74 Å². The van der Waals surface area contributed by atoms with E-state index in [1.807, 2.05) is 19.1 Å². The predicted molar refractivity (Wildman–Crippen MR) is 95.4 cm³/mol. The second kappa shape index (κ2) is 9.17. The highest BCUT2D eigenvalue weighted by atomic mass is 16.5. The molecule has 2 rings (SSSR count). The van der Waals surface area contributed by atoms with Gasteiger partial charge in [-0.25, -0.2) is 10.4 Å². The van der Waals surface area contributed by atoms with Crippen LogP contribution >= 0.6 is 0 Å². The summed E-state index contributed by atoms with van der Waals surface area (Å²) in [6.45, 7) is 3.47. The Labute approximate surface area is 146 Å². The van der Waals surface area contributed by atoms with Crippen molar-refractivity contribution in [2.24, 2.45) is 5.10 Å². The molecule has 0 saturated carbocycles. The average Bonchev–Trinajstić information content (AvgIpc) is 2.60. The predicted octanol–water partition coefficient (Wildman–Crippen LogP) is 2.29. The quantitative estimate of drug-likeness (QED) is 0.597. The highest BCUT2D eigenvalue weighted by Gasteiger charge is 2.06. The fraction of sp³-hybridized carbons (Fsp3) is 0.222. The number of carbonyl (C=O) groups excluding carboxylic acids is 2. The molecule has 0 unspecified atom stereocenters. The summed E-state index contributed by atoms with van der Waals surface area (Å²) < 4.78 is 5.35. The Balaban J connectivity index is 1.73. The number of rotatable bonds is 7. The van der Waals surface area contributed by atoms with E-state index in [1.54, 1.807) is 43.5 Å². The first-order valence-corrected chi connectivity index (χ1v) is 7.75. The molecular weight excluding hydrogens is 320 g/mol. The van der Waals surface area contributed by atoms with Crippen molar-refractivity contribution in [3.8, 4) is 5.75 Å². The van der Waals surface area contributed by atoms with Crippen molar-refractivity contribution in [3.05, 3.63) is 54.2 Å². The third-order valence-corrected chi connectivity index (χ3v) is 3.11. The fourth-order valence-corrected chi connectivity index (χ4v) is 1.87. The zero-order chi connectivity index (χ0) is 18.1. The molecule has 0 radical (unpaired) electrons. The molecule has 25 heavy (non-hydrogen) atoms. The van der Waals surface area contributed by atoms with E-state index < -0.39 is 5.91 Å². The molecule has 0 aliphatic rings. The van der Waals surface area contributed by atoms with Gasteiger partial charge in [-0.3, -0.25) is 9.59 Å². The number of amides is 2. The largest absolute Gasteiger partial charge is 0.484 e. The van der Waals surface area contributed by atoms with Crippen LogP contribution < -0.4 is 15.5 Å². The number of nitrogens with one attached hydrogen (secondary N) is 2. The second-order valence-electron chi connectivity index (χ2n) is 5.42. The minimum Gasteiger partial charge on any atom is -0.484 e. The van der Waals surface area contributed by atoms with Gasteiger partial charge in [0, 0.05) is 11.9 Å². The van der Waals surface area contributed by atoms with Crippen molar-refractivity contribution in [2.45, 2.75) is 20.3 Å². The smallest absolute Gasteiger partial charge is 0.277 e. The van der Waals surface area contributed by atoms with E-state index in [-0.39, 0.29) is 18.9 Å². The number of nitrogens with zero attached hydrogens (tertiary/aromatic N) is 2. The molecule has 130 valence electrons. The van der Waals surface area contributed by atoms with Gasteiger partial charge in [0.05, 0.1) is 6.42 Å². The lowest BCUT2D eigenvalue weighted by Crippen LogP contribution is -2.26. The van der Waals surface area contributed by atoms with Gasteiger partial charge in [0.2, 0.25) is 5.91 Å². The van der Waals surface area contributed by atoms with Crippen molar-refractivity contribution in [1.29, 1.82) is 0 Å². The molecule has 0 bridgehead atoms. The summed E-state index contributed by atoms with van der Waals surface area (Å²) in [4.78, 5) is 27.5. The van der Waals surface area contributed by atoms with Crippen LogP contribution in [0.15, 0.2) is 53.8 Å². The molecule has 0 aliphatic carbocycles. The van der Waals surface area contributed by atoms with Crippen LogP contribution in [0.4, 0.5) is 5.82 Å². The van der Waals surface area contributed by atoms with Gasteiger partial charge in [-0.15, -0.1) is 0 Å². The lowest BCUT2D eigenvalue weighted by atomic mass is 10.2. The fourth-order valence-electron chi connectivity index (χ4n) is 1.87. The summed E-state index contributed by atoms with van der Waals surface area (Å²) in [7, 11) is 0. The highest BCUT2D eigenvalue weighted by molar-refractivity contribution is 6.05. The maximum Gasteiger partial charge on any atom is 0.277 e. The first-order chi connectivity index (χ1) is 12.0. The maximum absolute atomic E-state index is 11.8. The number of aryl methyl sites for hydroxylation is 1. The second-order valence-corrected chi connectivity index (χ2v) is 5.42. The molecule has 1 aromatic heterocycles. The van der Waals surface area contributed by atoms with E-state index in [0.29, 0.717) is 17.3 Å². The molecule has 2 aromatic rings. The van der Waals surface area contributed by atoms with Crippen LogP contribution in [0.25, 0.3) is 0 Å². The van der Waals surface area contributed by atoms with Crippen molar-refractivity contribution in [3.63, 3.8) is 0 Å². The van der Waals surface area contributed by atoms with Crippen molar-refractivity contribution >= 4 is 23.3 Å². The molecule has 0 saturated heterocycles. The third-order valence-electron chi connectivity index (χ3n) is 3.11. The lowest BCUT2D eigenvalue weighted by molar-refractivity contribution is -0.123. The van der Waals surface area contributed by atoms with Crippen LogP contribution in [0.1, 0.15) is 18.9 Å². The molecule has 1 heterocycles. The number of ether oxygens (including phenoxy) is 1.